The minimum Gasteiger partial charge on any atom is -0.344 e. The van der Waals surface area contributed by atoms with Gasteiger partial charge in [-0.05, 0) is 19.4 Å². The average molecular weight is 292 g/mol. The quantitative estimate of drug-likeness (QED) is 0.902. The van der Waals surface area contributed by atoms with E-state index in [9.17, 15) is 9.59 Å². The van der Waals surface area contributed by atoms with Crippen LogP contribution in [0.2, 0.25) is 0 Å². The maximum absolute atomic E-state index is 12.0. The molecule has 2 aromatic rings. The first-order valence-corrected chi connectivity index (χ1v) is 7.25. The number of hydrogen-bond donors (Lipinski definition) is 1. The van der Waals surface area contributed by atoms with Crippen LogP contribution < -0.4 is 10.9 Å². The maximum Gasteiger partial charge on any atom is 0.272 e. The van der Waals surface area contributed by atoms with E-state index >= 15 is 0 Å². The lowest BCUT2D eigenvalue weighted by Gasteiger charge is -2.06. The van der Waals surface area contributed by atoms with Crippen LogP contribution in [0, 0.1) is 6.92 Å². The van der Waals surface area contributed by atoms with Gasteiger partial charge in [-0.25, -0.2) is 9.67 Å². The number of aromatic nitrogens is 3. The molecule has 2 heterocycles. The predicted octanol–water partition coefficient (Wildman–Crippen LogP) is 1.35. The summed E-state index contributed by atoms with van der Waals surface area (Å²) in [7, 11) is 0. The van der Waals surface area contributed by atoms with Gasteiger partial charge in [0.25, 0.3) is 11.5 Å². The summed E-state index contributed by atoms with van der Waals surface area (Å²) in [5.74, 6) is -0.303. The standard InChI is InChI=1S/C13H16N4O2S/c1-3-6-17-12(18)5-4-10(16-17)13(19)14-7-11-15-9(2)8-20-11/h4-5,8H,3,6-7H2,1-2H3,(H,14,19). The minimum atomic E-state index is -0.303. The van der Waals surface area contributed by atoms with Gasteiger partial charge in [0.2, 0.25) is 0 Å². The van der Waals surface area contributed by atoms with E-state index in [1.807, 2.05) is 19.2 Å². The van der Waals surface area contributed by atoms with Crippen LogP contribution >= 0.6 is 11.3 Å². The number of aryl methyl sites for hydroxylation is 2. The zero-order valence-corrected chi connectivity index (χ0v) is 12.2. The van der Waals surface area contributed by atoms with E-state index < -0.39 is 0 Å². The van der Waals surface area contributed by atoms with Crippen molar-refractivity contribution in [2.75, 3.05) is 0 Å². The summed E-state index contributed by atoms with van der Waals surface area (Å²) < 4.78 is 1.31. The zero-order valence-electron chi connectivity index (χ0n) is 11.4. The summed E-state index contributed by atoms with van der Waals surface area (Å²) in [6.07, 6.45) is 0.788. The summed E-state index contributed by atoms with van der Waals surface area (Å²) in [5, 5.41) is 9.58. The molecule has 0 bridgehead atoms. The Bertz CT molecular complexity index is 662. The molecule has 2 aromatic heterocycles. The van der Waals surface area contributed by atoms with Crippen LogP contribution in [0.5, 0.6) is 0 Å². The predicted molar refractivity (Wildman–Crippen MR) is 76.8 cm³/mol. The molecular weight excluding hydrogens is 276 g/mol. The van der Waals surface area contributed by atoms with Crippen molar-refractivity contribution in [2.24, 2.45) is 0 Å². The summed E-state index contributed by atoms with van der Waals surface area (Å²) in [6.45, 7) is 4.73. The number of carbonyl (C=O) groups excluding carboxylic acids is 1. The van der Waals surface area contributed by atoms with E-state index in [0.29, 0.717) is 13.1 Å². The Morgan fingerprint density at radius 3 is 2.90 bits per heavy atom. The molecule has 0 aliphatic carbocycles. The molecule has 0 fully saturated rings. The van der Waals surface area contributed by atoms with E-state index in [-0.39, 0.29) is 17.2 Å². The van der Waals surface area contributed by atoms with Gasteiger partial charge in [0.05, 0.1) is 6.54 Å². The molecule has 0 saturated heterocycles. The number of nitrogens with one attached hydrogen (secondary N) is 1. The second-order valence-corrected chi connectivity index (χ2v) is 5.29. The van der Waals surface area contributed by atoms with Crippen molar-refractivity contribution in [1.82, 2.24) is 20.1 Å². The Morgan fingerprint density at radius 1 is 1.45 bits per heavy atom. The van der Waals surface area contributed by atoms with Gasteiger partial charge in [0, 0.05) is 23.7 Å². The fourth-order valence-corrected chi connectivity index (χ4v) is 2.38. The third-order valence-electron chi connectivity index (χ3n) is 2.60. The van der Waals surface area contributed by atoms with Gasteiger partial charge in [0.1, 0.15) is 10.7 Å². The first-order chi connectivity index (χ1) is 9.60. The molecule has 1 N–H and O–H groups in total. The van der Waals surface area contributed by atoms with E-state index in [2.05, 4.69) is 15.4 Å². The van der Waals surface area contributed by atoms with Gasteiger partial charge >= 0.3 is 0 Å². The van der Waals surface area contributed by atoms with Crippen LogP contribution in [0.3, 0.4) is 0 Å². The van der Waals surface area contributed by atoms with Gasteiger partial charge in [0.15, 0.2) is 0 Å². The first kappa shape index (κ1) is 14.4. The van der Waals surface area contributed by atoms with Crippen molar-refractivity contribution >= 4 is 17.2 Å². The number of thiazole rings is 1. The molecule has 0 radical (unpaired) electrons. The van der Waals surface area contributed by atoms with Crippen molar-refractivity contribution in [1.29, 1.82) is 0 Å². The smallest absolute Gasteiger partial charge is 0.272 e. The van der Waals surface area contributed by atoms with Gasteiger partial charge in [-0.1, -0.05) is 6.92 Å². The van der Waals surface area contributed by atoms with E-state index in [1.54, 1.807) is 0 Å². The maximum atomic E-state index is 12.0. The SMILES string of the molecule is CCCn1nc(C(=O)NCc2nc(C)cs2)ccc1=O. The summed E-state index contributed by atoms with van der Waals surface area (Å²) in [6, 6.07) is 2.81. The number of rotatable bonds is 5. The molecule has 0 aliphatic heterocycles. The molecular formula is C13H16N4O2S. The third-order valence-corrected chi connectivity index (χ3v) is 3.57. The lowest BCUT2D eigenvalue weighted by atomic mass is 10.3. The van der Waals surface area contributed by atoms with Gasteiger partial charge < -0.3 is 5.32 Å². The molecule has 2 rings (SSSR count). The highest BCUT2D eigenvalue weighted by molar-refractivity contribution is 7.09. The molecule has 0 aromatic carbocycles. The van der Waals surface area contributed by atoms with Gasteiger partial charge in [-0.2, -0.15) is 5.10 Å². The van der Waals surface area contributed by atoms with Crippen molar-refractivity contribution in [3.05, 3.63) is 44.3 Å². The number of nitrogens with zero attached hydrogens (tertiary/aromatic N) is 3. The normalized spacial score (nSPS) is 10.5. The largest absolute Gasteiger partial charge is 0.344 e. The summed E-state index contributed by atoms with van der Waals surface area (Å²) >= 11 is 1.50. The molecule has 0 unspecified atom stereocenters. The monoisotopic (exact) mass is 292 g/mol. The van der Waals surface area contributed by atoms with E-state index in [0.717, 1.165) is 17.1 Å². The highest BCUT2D eigenvalue weighted by atomic mass is 32.1. The van der Waals surface area contributed by atoms with Crippen molar-refractivity contribution in [2.45, 2.75) is 33.4 Å². The first-order valence-electron chi connectivity index (χ1n) is 6.37. The lowest BCUT2D eigenvalue weighted by Crippen LogP contribution is -2.29. The van der Waals surface area contributed by atoms with Crippen LogP contribution in [0.15, 0.2) is 22.3 Å². The van der Waals surface area contributed by atoms with E-state index in [1.165, 1.54) is 28.2 Å². The van der Waals surface area contributed by atoms with Crippen molar-refractivity contribution in [3.8, 4) is 0 Å². The minimum absolute atomic E-state index is 0.195. The second kappa shape index (κ2) is 6.42. The Labute approximate surface area is 120 Å². The molecule has 7 heteroatoms. The molecule has 0 aliphatic rings. The van der Waals surface area contributed by atoms with Crippen LogP contribution in [-0.2, 0) is 13.1 Å². The molecule has 0 saturated carbocycles. The number of hydrogen-bond acceptors (Lipinski definition) is 5. The van der Waals surface area contributed by atoms with E-state index in [4.69, 9.17) is 0 Å². The van der Waals surface area contributed by atoms with Crippen LogP contribution in [-0.4, -0.2) is 20.7 Å². The average Bonchev–Trinajstić information content (AvgIpc) is 2.84. The fraction of sp³-hybridized carbons (Fsp3) is 0.385. The Kier molecular flexibility index (Phi) is 4.62. The molecule has 106 valence electrons. The second-order valence-electron chi connectivity index (χ2n) is 4.35. The van der Waals surface area contributed by atoms with Gasteiger partial charge in [-0.15, -0.1) is 11.3 Å². The summed E-state index contributed by atoms with van der Waals surface area (Å²) in [5.41, 5.74) is 0.985. The third kappa shape index (κ3) is 3.51. The molecule has 6 nitrogen and oxygen atoms in total. The molecule has 1 amide bonds. The molecule has 0 spiro atoms. The Morgan fingerprint density at radius 2 is 2.25 bits per heavy atom. The fourth-order valence-electron chi connectivity index (χ4n) is 1.67. The topological polar surface area (TPSA) is 76.9 Å². The molecule has 20 heavy (non-hydrogen) atoms. The Hall–Kier alpha value is -2.02. The zero-order chi connectivity index (χ0) is 14.5. The van der Waals surface area contributed by atoms with Crippen LogP contribution in [0.4, 0.5) is 0 Å². The Balaban J connectivity index is 2.05. The molecule has 0 atom stereocenters. The van der Waals surface area contributed by atoms with Crippen molar-refractivity contribution < 1.29 is 4.79 Å². The highest BCUT2D eigenvalue weighted by Gasteiger charge is 2.10. The van der Waals surface area contributed by atoms with Crippen LogP contribution in [0.25, 0.3) is 0 Å². The van der Waals surface area contributed by atoms with Crippen molar-refractivity contribution in [3.63, 3.8) is 0 Å². The van der Waals surface area contributed by atoms with Gasteiger partial charge in [-0.3, -0.25) is 9.59 Å². The summed E-state index contributed by atoms with van der Waals surface area (Å²) in [4.78, 5) is 27.8. The highest BCUT2D eigenvalue weighted by Crippen LogP contribution is 2.08. The number of amides is 1. The lowest BCUT2D eigenvalue weighted by molar-refractivity contribution is 0.0943. The van der Waals surface area contributed by atoms with Crippen LogP contribution in [0.1, 0.15) is 34.5 Å². The number of carbonyl (C=O) groups is 1.